The van der Waals surface area contributed by atoms with Gasteiger partial charge in [-0.05, 0) is 44.9 Å². The molecule has 0 aromatic heterocycles. The number of carbonyl (C=O) groups is 1. The predicted octanol–water partition coefficient (Wildman–Crippen LogP) is 10.7. The fraction of sp³-hybridized carbons (Fsp3) is 0.829. The first kappa shape index (κ1) is 48.7. The molecular weight excluding hydrogens is 647 g/mol. The molecule has 0 aromatic rings. The Hall–Kier alpha value is -1.28. The molecule has 9 heteroatoms. The van der Waals surface area contributed by atoms with Crippen LogP contribution in [0.3, 0.4) is 0 Å². The summed E-state index contributed by atoms with van der Waals surface area (Å²) < 4.78 is 23.5. The minimum absolute atomic E-state index is 0.0581. The van der Waals surface area contributed by atoms with Gasteiger partial charge < -0.3 is 19.8 Å². The Labute approximate surface area is 308 Å². The fourth-order valence-electron chi connectivity index (χ4n) is 5.53. The van der Waals surface area contributed by atoms with Gasteiger partial charge in [-0.25, -0.2) is 4.57 Å². The third-order valence-electron chi connectivity index (χ3n) is 8.85. The summed E-state index contributed by atoms with van der Waals surface area (Å²) in [6, 6.07) is -0.850. The topological polar surface area (TPSA) is 105 Å². The second-order valence-corrected chi connectivity index (χ2v) is 16.5. The Morgan fingerprint density at radius 3 is 1.70 bits per heavy atom. The van der Waals surface area contributed by atoms with Gasteiger partial charge in [0.25, 0.3) is 0 Å². The first-order chi connectivity index (χ1) is 24.0. The molecule has 0 aliphatic rings. The number of aliphatic hydroxyl groups is 1. The van der Waals surface area contributed by atoms with E-state index in [9.17, 15) is 19.4 Å². The predicted molar refractivity (Wildman–Crippen MR) is 212 cm³/mol. The second kappa shape index (κ2) is 33.5. The Morgan fingerprint density at radius 1 is 0.680 bits per heavy atom. The lowest BCUT2D eigenvalue weighted by atomic mass is 10.0. The molecule has 3 unspecified atom stereocenters. The zero-order valence-electron chi connectivity index (χ0n) is 33.1. The van der Waals surface area contributed by atoms with E-state index in [1.165, 1.54) is 83.5 Å². The van der Waals surface area contributed by atoms with Crippen molar-refractivity contribution in [1.82, 2.24) is 5.32 Å². The monoisotopic (exact) mass is 728 g/mol. The van der Waals surface area contributed by atoms with Crippen LogP contribution in [0.1, 0.15) is 168 Å². The third-order valence-corrected chi connectivity index (χ3v) is 9.84. The van der Waals surface area contributed by atoms with Gasteiger partial charge in [-0.3, -0.25) is 13.8 Å². The fourth-order valence-corrected chi connectivity index (χ4v) is 6.26. The summed E-state index contributed by atoms with van der Waals surface area (Å²) in [4.78, 5) is 23.0. The number of phosphoric ester groups is 1. The molecule has 0 aromatic carbocycles. The van der Waals surface area contributed by atoms with Crippen LogP contribution in [-0.4, -0.2) is 73.4 Å². The molecule has 0 fully saturated rings. The Kier molecular flexibility index (Phi) is 32.7. The van der Waals surface area contributed by atoms with Crippen molar-refractivity contribution in [2.24, 2.45) is 0 Å². The number of carbonyl (C=O) groups excluding carboxylic acids is 1. The molecule has 1 amide bonds. The number of unbranched alkanes of at least 4 members (excludes halogenated alkanes) is 19. The van der Waals surface area contributed by atoms with E-state index in [2.05, 4.69) is 43.5 Å². The lowest BCUT2D eigenvalue weighted by Gasteiger charge is -2.25. The Morgan fingerprint density at radius 2 is 1.16 bits per heavy atom. The average Bonchev–Trinajstić information content (AvgIpc) is 3.06. The van der Waals surface area contributed by atoms with Crippen LogP contribution in [-0.2, 0) is 18.4 Å². The smallest absolute Gasteiger partial charge is 0.387 e. The summed E-state index contributed by atoms with van der Waals surface area (Å²) in [7, 11) is 1.56. The van der Waals surface area contributed by atoms with Gasteiger partial charge in [0, 0.05) is 6.42 Å². The average molecular weight is 728 g/mol. The molecule has 0 aliphatic heterocycles. The van der Waals surface area contributed by atoms with Gasteiger partial charge in [0.1, 0.15) is 13.2 Å². The number of nitrogens with zero attached hydrogens (tertiary/aromatic N) is 1. The number of rotatable bonds is 36. The van der Waals surface area contributed by atoms with Gasteiger partial charge in [-0.2, -0.15) is 0 Å². The molecule has 0 bridgehead atoms. The number of nitrogens with one attached hydrogen (secondary N) is 1. The second-order valence-electron chi connectivity index (χ2n) is 15.0. The number of hydrogen-bond donors (Lipinski definition) is 3. The highest BCUT2D eigenvalue weighted by molar-refractivity contribution is 7.47. The van der Waals surface area contributed by atoms with E-state index < -0.39 is 20.0 Å². The number of aliphatic hydroxyl groups excluding tert-OH is 1. The van der Waals surface area contributed by atoms with Crippen molar-refractivity contribution in [3.8, 4) is 0 Å². The minimum Gasteiger partial charge on any atom is -0.387 e. The zero-order valence-corrected chi connectivity index (χ0v) is 34.0. The van der Waals surface area contributed by atoms with Gasteiger partial charge in [0.05, 0.1) is 39.9 Å². The van der Waals surface area contributed by atoms with Crippen molar-refractivity contribution in [1.29, 1.82) is 0 Å². The van der Waals surface area contributed by atoms with Gasteiger partial charge in [-0.15, -0.1) is 0 Å². The summed E-state index contributed by atoms with van der Waals surface area (Å²) in [6.45, 7) is 4.74. The number of allylic oxidation sites excluding steroid dienone is 5. The van der Waals surface area contributed by atoms with Crippen molar-refractivity contribution >= 4 is 13.7 Å². The van der Waals surface area contributed by atoms with Gasteiger partial charge in [0.15, 0.2) is 0 Å². The van der Waals surface area contributed by atoms with Crippen LogP contribution in [0.15, 0.2) is 36.5 Å². The third kappa shape index (κ3) is 35.1. The van der Waals surface area contributed by atoms with Crippen molar-refractivity contribution in [3.63, 3.8) is 0 Å². The standard InChI is InChI=1S/C41H79N2O6P/c1-6-8-10-12-14-16-18-20-22-24-26-28-30-32-34-40(44)39(38-49-50(46,47)48-37-36-43(3,4)5)42-41(45)35-33-31-29-27-25-23-21-19-17-15-13-11-9-7-2/h13,15,19,21,32,34,39-40,44H,6-12,14,16-18,20,22-31,33,35-38H2,1-5H3,(H-,42,45,46,47)/p+1/b15-13-,21-19-,34-32+. The lowest BCUT2D eigenvalue weighted by Crippen LogP contribution is -2.45. The number of hydrogen-bond acceptors (Lipinski definition) is 5. The van der Waals surface area contributed by atoms with Crippen LogP contribution >= 0.6 is 7.82 Å². The molecule has 0 rings (SSSR count). The molecule has 0 saturated carbocycles. The van der Waals surface area contributed by atoms with E-state index in [-0.39, 0.29) is 19.1 Å². The number of likely N-dealkylation sites (N-methyl/N-ethyl adjacent to an activating group) is 1. The highest BCUT2D eigenvalue weighted by Crippen LogP contribution is 2.43. The molecular formula is C41H80N2O6P+. The summed E-state index contributed by atoms with van der Waals surface area (Å²) in [6.07, 6.45) is 39.1. The highest BCUT2D eigenvalue weighted by atomic mass is 31.2. The van der Waals surface area contributed by atoms with E-state index in [1.807, 2.05) is 27.2 Å². The summed E-state index contributed by atoms with van der Waals surface area (Å²) in [5.74, 6) is -0.194. The van der Waals surface area contributed by atoms with Crippen molar-refractivity contribution < 1.29 is 32.9 Å². The Balaban J connectivity index is 4.53. The SMILES string of the molecule is CCCC/C=C\C/C=C\CCCCCCCC(=O)NC(COP(=O)(O)OCC[N+](C)(C)C)C(O)/C=C/CCCCCCCCCCCCCC. The van der Waals surface area contributed by atoms with Crippen LogP contribution in [0.2, 0.25) is 0 Å². The maximum atomic E-state index is 12.8. The molecule has 0 saturated heterocycles. The molecule has 8 nitrogen and oxygen atoms in total. The molecule has 3 atom stereocenters. The van der Waals surface area contributed by atoms with E-state index in [1.54, 1.807) is 6.08 Å². The lowest BCUT2D eigenvalue weighted by molar-refractivity contribution is -0.870. The molecule has 0 aliphatic carbocycles. The molecule has 0 spiro atoms. The van der Waals surface area contributed by atoms with Crippen LogP contribution in [0, 0.1) is 0 Å². The largest absolute Gasteiger partial charge is 0.472 e. The van der Waals surface area contributed by atoms with Crippen molar-refractivity contribution in [2.45, 2.75) is 180 Å². The molecule has 0 heterocycles. The normalized spacial score (nSPS) is 14.9. The molecule has 3 N–H and O–H groups in total. The first-order valence-electron chi connectivity index (χ1n) is 20.4. The molecule has 50 heavy (non-hydrogen) atoms. The van der Waals surface area contributed by atoms with E-state index in [0.717, 1.165) is 64.2 Å². The first-order valence-corrected chi connectivity index (χ1v) is 21.9. The summed E-state index contributed by atoms with van der Waals surface area (Å²) in [5, 5.41) is 13.8. The maximum Gasteiger partial charge on any atom is 0.472 e. The zero-order chi connectivity index (χ0) is 37.2. The molecule has 294 valence electrons. The highest BCUT2D eigenvalue weighted by Gasteiger charge is 2.27. The van der Waals surface area contributed by atoms with E-state index in [0.29, 0.717) is 17.4 Å². The number of quaternary nitrogens is 1. The van der Waals surface area contributed by atoms with Gasteiger partial charge >= 0.3 is 7.82 Å². The van der Waals surface area contributed by atoms with Crippen LogP contribution in [0.4, 0.5) is 0 Å². The van der Waals surface area contributed by atoms with E-state index >= 15 is 0 Å². The van der Waals surface area contributed by atoms with E-state index in [4.69, 9.17) is 9.05 Å². The number of amides is 1. The van der Waals surface area contributed by atoms with Crippen LogP contribution < -0.4 is 5.32 Å². The maximum absolute atomic E-state index is 12.8. The van der Waals surface area contributed by atoms with Crippen LogP contribution in [0.5, 0.6) is 0 Å². The quantitative estimate of drug-likeness (QED) is 0.0257. The van der Waals surface area contributed by atoms with Crippen LogP contribution in [0.25, 0.3) is 0 Å². The van der Waals surface area contributed by atoms with Crippen molar-refractivity contribution in [2.75, 3.05) is 40.9 Å². The molecule has 0 radical (unpaired) electrons. The number of phosphoric acid groups is 1. The minimum atomic E-state index is -4.33. The van der Waals surface area contributed by atoms with Gasteiger partial charge in [0.2, 0.25) is 5.91 Å². The van der Waals surface area contributed by atoms with Crippen molar-refractivity contribution in [3.05, 3.63) is 36.5 Å². The Bertz CT molecular complexity index is 917. The summed E-state index contributed by atoms with van der Waals surface area (Å²) in [5.41, 5.74) is 0. The van der Waals surface area contributed by atoms with Gasteiger partial charge in [-0.1, -0.05) is 153 Å². The summed E-state index contributed by atoms with van der Waals surface area (Å²) >= 11 is 0.